The van der Waals surface area contributed by atoms with E-state index in [0.29, 0.717) is 29.6 Å². The molecule has 0 atom stereocenters. The fourth-order valence-electron chi connectivity index (χ4n) is 2.07. The minimum atomic E-state index is -0.384. The number of hydrogen-bond acceptors (Lipinski definition) is 7. The molecule has 2 aromatic rings. The van der Waals surface area contributed by atoms with Gasteiger partial charge in [-0.2, -0.15) is 0 Å². The number of nitrogens with one attached hydrogen (secondary N) is 2. The molecule has 1 aromatic heterocycles. The molecule has 0 aliphatic heterocycles. The van der Waals surface area contributed by atoms with Crippen molar-refractivity contribution >= 4 is 17.4 Å². The first-order chi connectivity index (χ1) is 12.2. The third-order valence-electron chi connectivity index (χ3n) is 3.37. The Morgan fingerprint density at radius 3 is 2.60 bits per heavy atom. The summed E-state index contributed by atoms with van der Waals surface area (Å²) >= 11 is 0. The van der Waals surface area contributed by atoms with Gasteiger partial charge in [0.25, 0.3) is 5.91 Å². The summed E-state index contributed by atoms with van der Waals surface area (Å²) in [7, 11) is 4.74. The lowest BCUT2D eigenvalue weighted by atomic mass is 10.2. The number of ether oxygens (including phenoxy) is 3. The van der Waals surface area contributed by atoms with Gasteiger partial charge in [-0.3, -0.25) is 4.79 Å². The Hall–Kier alpha value is -2.87. The van der Waals surface area contributed by atoms with Gasteiger partial charge in [-0.25, -0.2) is 9.97 Å². The van der Waals surface area contributed by atoms with Crippen LogP contribution >= 0.6 is 0 Å². The summed E-state index contributed by atoms with van der Waals surface area (Å²) in [6.45, 7) is 1.39. The average Bonchev–Trinajstić information content (AvgIpc) is 2.65. The van der Waals surface area contributed by atoms with Crippen LogP contribution in [-0.4, -0.2) is 50.4 Å². The predicted octanol–water partition coefficient (Wildman–Crippen LogP) is 2.19. The van der Waals surface area contributed by atoms with E-state index in [4.69, 9.17) is 14.2 Å². The summed E-state index contributed by atoms with van der Waals surface area (Å²) in [4.78, 5) is 20.7. The van der Waals surface area contributed by atoms with E-state index >= 15 is 0 Å². The van der Waals surface area contributed by atoms with E-state index in [1.807, 2.05) is 0 Å². The van der Waals surface area contributed by atoms with Gasteiger partial charge in [-0.05, 0) is 18.6 Å². The molecule has 25 heavy (non-hydrogen) atoms. The summed E-state index contributed by atoms with van der Waals surface area (Å²) in [5.41, 5.74) is 0.697. The van der Waals surface area contributed by atoms with Crippen LogP contribution in [0.15, 0.2) is 30.6 Å². The Morgan fingerprint density at radius 2 is 1.96 bits per heavy atom. The number of carbonyl (C=O) groups is 1. The fourth-order valence-corrected chi connectivity index (χ4v) is 2.07. The maximum absolute atomic E-state index is 12.3. The van der Waals surface area contributed by atoms with Gasteiger partial charge in [-0.15, -0.1) is 0 Å². The fraction of sp³-hybridized carbons (Fsp3) is 0.353. The SMILES string of the molecule is COCCCNc1cnc(C(=O)Nc2cc(OC)ccc2OC)cn1. The molecule has 8 nitrogen and oxygen atoms in total. The minimum absolute atomic E-state index is 0.201. The Kier molecular flexibility index (Phi) is 6.97. The first-order valence-corrected chi connectivity index (χ1v) is 7.76. The molecule has 1 amide bonds. The quantitative estimate of drug-likeness (QED) is 0.672. The van der Waals surface area contributed by atoms with Gasteiger partial charge >= 0.3 is 0 Å². The molecule has 0 aliphatic rings. The lowest BCUT2D eigenvalue weighted by Crippen LogP contribution is -2.15. The van der Waals surface area contributed by atoms with Crippen molar-refractivity contribution in [3.8, 4) is 11.5 Å². The molecule has 0 bridgehead atoms. The van der Waals surface area contributed by atoms with Crippen LogP contribution in [0.3, 0.4) is 0 Å². The summed E-state index contributed by atoms with van der Waals surface area (Å²) in [6, 6.07) is 5.14. The molecular formula is C17H22N4O4. The lowest BCUT2D eigenvalue weighted by Gasteiger charge is -2.11. The number of anilines is 2. The third-order valence-corrected chi connectivity index (χ3v) is 3.37. The third kappa shape index (κ3) is 5.32. The number of nitrogens with zero attached hydrogens (tertiary/aromatic N) is 2. The second-order valence-corrected chi connectivity index (χ2v) is 5.08. The first-order valence-electron chi connectivity index (χ1n) is 7.76. The molecule has 0 spiro atoms. The van der Waals surface area contributed by atoms with Crippen LogP contribution in [0.2, 0.25) is 0 Å². The molecule has 2 N–H and O–H groups in total. The number of methoxy groups -OCH3 is 3. The van der Waals surface area contributed by atoms with Gasteiger partial charge in [0.05, 0.1) is 32.3 Å². The maximum atomic E-state index is 12.3. The Morgan fingerprint density at radius 1 is 1.12 bits per heavy atom. The molecule has 0 saturated heterocycles. The Labute approximate surface area is 146 Å². The van der Waals surface area contributed by atoms with E-state index in [1.165, 1.54) is 19.5 Å². The van der Waals surface area contributed by atoms with Gasteiger partial charge in [0.2, 0.25) is 0 Å². The molecule has 0 unspecified atom stereocenters. The second-order valence-electron chi connectivity index (χ2n) is 5.08. The molecular weight excluding hydrogens is 324 g/mol. The molecule has 2 rings (SSSR count). The number of rotatable bonds is 9. The van der Waals surface area contributed by atoms with Crippen LogP contribution in [0.5, 0.6) is 11.5 Å². The molecule has 0 saturated carbocycles. The van der Waals surface area contributed by atoms with Crippen molar-refractivity contribution in [1.82, 2.24) is 9.97 Å². The van der Waals surface area contributed by atoms with Crippen LogP contribution in [0.25, 0.3) is 0 Å². The van der Waals surface area contributed by atoms with Crippen molar-refractivity contribution in [3.63, 3.8) is 0 Å². The van der Waals surface area contributed by atoms with E-state index in [9.17, 15) is 4.79 Å². The molecule has 0 aliphatic carbocycles. The number of hydrogen-bond donors (Lipinski definition) is 2. The highest BCUT2D eigenvalue weighted by molar-refractivity contribution is 6.03. The number of carbonyl (C=O) groups excluding carboxylic acids is 1. The van der Waals surface area contributed by atoms with Gasteiger partial charge in [-0.1, -0.05) is 0 Å². The molecule has 0 fully saturated rings. The van der Waals surface area contributed by atoms with Gasteiger partial charge in [0.1, 0.15) is 23.0 Å². The molecule has 1 heterocycles. The smallest absolute Gasteiger partial charge is 0.275 e. The van der Waals surface area contributed by atoms with Gasteiger partial charge in [0.15, 0.2) is 0 Å². The maximum Gasteiger partial charge on any atom is 0.275 e. The van der Waals surface area contributed by atoms with E-state index in [-0.39, 0.29) is 11.6 Å². The van der Waals surface area contributed by atoms with E-state index in [1.54, 1.807) is 32.4 Å². The lowest BCUT2D eigenvalue weighted by molar-refractivity contribution is 0.102. The summed E-state index contributed by atoms with van der Waals surface area (Å²) < 4.78 is 15.4. The predicted molar refractivity (Wildman–Crippen MR) is 94.5 cm³/mol. The molecule has 134 valence electrons. The van der Waals surface area contributed by atoms with E-state index in [0.717, 1.165) is 13.0 Å². The molecule has 1 aromatic carbocycles. The largest absolute Gasteiger partial charge is 0.497 e. The highest BCUT2D eigenvalue weighted by Gasteiger charge is 2.12. The first kappa shape index (κ1) is 18.5. The number of benzene rings is 1. The van der Waals surface area contributed by atoms with Gasteiger partial charge in [0, 0.05) is 26.3 Å². The van der Waals surface area contributed by atoms with Crippen LogP contribution in [0.1, 0.15) is 16.9 Å². The zero-order valence-corrected chi connectivity index (χ0v) is 14.5. The zero-order valence-electron chi connectivity index (χ0n) is 14.5. The normalized spacial score (nSPS) is 10.2. The van der Waals surface area contributed by atoms with Crippen molar-refractivity contribution in [2.75, 3.05) is 45.1 Å². The van der Waals surface area contributed by atoms with Crippen molar-refractivity contribution < 1.29 is 19.0 Å². The van der Waals surface area contributed by atoms with E-state index in [2.05, 4.69) is 20.6 Å². The van der Waals surface area contributed by atoms with Crippen LogP contribution in [-0.2, 0) is 4.74 Å². The van der Waals surface area contributed by atoms with E-state index < -0.39 is 0 Å². The van der Waals surface area contributed by atoms with Crippen molar-refractivity contribution in [3.05, 3.63) is 36.3 Å². The highest BCUT2D eigenvalue weighted by atomic mass is 16.5. The Bertz CT molecular complexity index is 692. The highest BCUT2D eigenvalue weighted by Crippen LogP contribution is 2.29. The molecule has 0 radical (unpaired) electrons. The monoisotopic (exact) mass is 346 g/mol. The summed E-state index contributed by atoms with van der Waals surface area (Å²) in [5.74, 6) is 1.35. The van der Waals surface area contributed by atoms with Crippen LogP contribution in [0, 0.1) is 0 Å². The summed E-state index contributed by atoms with van der Waals surface area (Å²) in [6.07, 6.45) is 3.79. The van der Waals surface area contributed by atoms with Gasteiger partial charge < -0.3 is 24.8 Å². The second kappa shape index (κ2) is 9.43. The minimum Gasteiger partial charge on any atom is -0.497 e. The van der Waals surface area contributed by atoms with Crippen LogP contribution in [0.4, 0.5) is 11.5 Å². The number of amides is 1. The standard InChI is InChI=1S/C17H22N4O4/c1-23-8-4-7-18-16-11-19-14(10-20-16)17(22)21-13-9-12(24-2)5-6-15(13)25-3/h5-6,9-11H,4,7-8H2,1-3H3,(H,18,20)(H,21,22). The topological polar surface area (TPSA) is 94.6 Å². The summed E-state index contributed by atoms with van der Waals surface area (Å²) in [5, 5.41) is 5.86. The number of aromatic nitrogens is 2. The van der Waals surface area contributed by atoms with Crippen LogP contribution < -0.4 is 20.1 Å². The van der Waals surface area contributed by atoms with Crippen molar-refractivity contribution in [2.45, 2.75) is 6.42 Å². The van der Waals surface area contributed by atoms with Crippen molar-refractivity contribution in [2.24, 2.45) is 0 Å². The average molecular weight is 346 g/mol. The van der Waals surface area contributed by atoms with Crippen molar-refractivity contribution in [1.29, 1.82) is 0 Å². The zero-order chi connectivity index (χ0) is 18.1. The molecule has 8 heteroatoms. The Balaban J connectivity index is 2.01.